The molecule has 3 aromatic rings. The fourth-order valence-corrected chi connectivity index (χ4v) is 6.61. The van der Waals surface area contributed by atoms with Gasteiger partial charge in [0.15, 0.2) is 5.78 Å². The number of allylic oxidation sites excluding steroid dienone is 2. The predicted molar refractivity (Wildman–Crippen MR) is 144 cm³/mol. The van der Waals surface area contributed by atoms with E-state index in [1.807, 2.05) is 0 Å². The lowest BCUT2D eigenvalue weighted by molar-refractivity contribution is 0.0770. The van der Waals surface area contributed by atoms with Crippen molar-refractivity contribution in [3.05, 3.63) is 113 Å². The Hall–Kier alpha value is -4.02. The summed E-state index contributed by atoms with van der Waals surface area (Å²) in [5, 5.41) is 11.3. The molecule has 0 bridgehead atoms. The molecule has 1 atom stereocenters. The second kappa shape index (κ2) is 10.3. The summed E-state index contributed by atoms with van der Waals surface area (Å²) in [4.78, 5) is 18.1. The number of halogens is 2. The Labute approximate surface area is 225 Å². The normalized spacial score (nSPS) is 19.7. The number of benzene rings is 2. The molecule has 1 aromatic heterocycles. The van der Waals surface area contributed by atoms with Crippen LogP contribution in [-0.4, -0.2) is 42.8 Å². The second-order valence-corrected chi connectivity index (χ2v) is 11.6. The number of hydrogen-bond acceptors (Lipinski definition) is 6. The molecule has 2 aromatic carbocycles. The number of piperidine rings is 1. The number of aryl methyl sites for hydroxylation is 1. The highest BCUT2D eigenvalue weighted by molar-refractivity contribution is 7.89. The number of nitrogens with one attached hydrogen (secondary N) is 2. The first kappa shape index (κ1) is 26.6. The van der Waals surface area contributed by atoms with E-state index in [0.29, 0.717) is 28.1 Å². The van der Waals surface area contributed by atoms with Crippen LogP contribution in [0, 0.1) is 29.4 Å². The zero-order valence-electron chi connectivity index (χ0n) is 21.1. The molecule has 1 aliphatic carbocycles. The SMILES string of the molecule is Cc1ccc(S(=O)(=O)N2CCC3=CC(Nc4ccc(F)cc4)=C(C=N)C[C@]3(C(=O)c3ccccn3)C2)cc1F. The average molecular weight is 549 g/mol. The van der Waals surface area contributed by atoms with Crippen molar-refractivity contribution in [2.45, 2.75) is 24.7 Å². The molecule has 2 aliphatic rings. The van der Waals surface area contributed by atoms with Crippen LogP contribution in [0.5, 0.6) is 0 Å². The molecule has 0 saturated carbocycles. The molecule has 5 rings (SSSR count). The number of nitrogens with zero attached hydrogens (tertiary/aromatic N) is 2. The van der Waals surface area contributed by atoms with Gasteiger partial charge in [0.05, 0.1) is 10.3 Å². The first-order valence-electron chi connectivity index (χ1n) is 12.3. The Bertz CT molecular complexity index is 1620. The quantitative estimate of drug-likeness (QED) is 0.309. The van der Waals surface area contributed by atoms with Crippen molar-refractivity contribution in [2.75, 3.05) is 18.4 Å². The van der Waals surface area contributed by atoms with Crippen LogP contribution in [-0.2, 0) is 10.0 Å². The van der Waals surface area contributed by atoms with Gasteiger partial charge in [0.25, 0.3) is 0 Å². The van der Waals surface area contributed by atoms with E-state index < -0.39 is 21.3 Å². The van der Waals surface area contributed by atoms with Gasteiger partial charge in [-0.25, -0.2) is 17.2 Å². The third kappa shape index (κ3) is 4.93. The fourth-order valence-electron chi connectivity index (χ4n) is 5.10. The van der Waals surface area contributed by atoms with E-state index in [9.17, 15) is 22.0 Å². The maximum absolute atomic E-state index is 14.3. The maximum atomic E-state index is 14.3. The molecule has 2 heterocycles. The molecule has 39 heavy (non-hydrogen) atoms. The lowest BCUT2D eigenvalue weighted by Gasteiger charge is -2.45. The van der Waals surface area contributed by atoms with Crippen molar-refractivity contribution in [3.8, 4) is 0 Å². The van der Waals surface area contributed by atoms with E-state index in [4.69, 9.17) is 5.41 Å². The number of hydrogen-bond donors (Lipinski definition) is 2. The molecule has 2 N–H and O–H groups in total. The summed E-state index contributed by atoms with van der Waals surface area (Å²) in [5.74, 6) is -1.37. The largest absolute Gasteiger partial charge is 0.355 e. The van der Waals surface area contributed by atoms with Crippen LogP contribution in [0.4, 0.5) is 14.5 Å². The molecule has 200 valence electrons. The molecule has 7 nitrogen and oxygen atoms in total. The van der Waals surface area contributed by atoms with Crippen LogP contribution in [0.2, 0.25) is 0 Å². The van der Waals surface area contributed by atoms with Crippen LogP contribution in [0.1, 0.15) is 28.9 Å². The Kier molecular flexibility index (Phi) is 7.00. The molecule has 0 radical (unpaired) electrons. The first-order chi connectivity index (χ1) is 18.6. The zero-order valence-corrected chi connectivity index (χ0v) is 21.9. The Morgan fingerprint density at radius 1 is 1.13 bits per heavy atom. The van der Waals surface area contributed by atoms with Crippen molar-refractivity contribution < 1.29 is 22.0 Å². The van der Waals surface area contributed by atoms with Crippen molar-refractivity contribution in [1.82, 2.24) is 9.29 Å². The minimum Gasteiger partial charge on any atom is -0.355 e. The van der Waals surface area contributed by atoms with Gasteiger partial charge in [0.2, 0.25) is 10.0 Å². The summed E-state index contributed by atoms with van der Waals surface area (Å²) in [5.41, 5.74) is 1.56. The number of aromatic nitrogens is 1. The monoisotopic (exact) mass is 548 g/mol. The van der Waals surface area contributed by atoms with Gasteiger partial charge in [0, 0.05) is 36.9 Å². The number of carbonyl (C=O) groups excluding carboxylic acids is 1. The summed E-state index contributed by atoms with van der Waals surface area (Å²) in [6, 6.07) is 14.5. The molecule has 1 aliphatic heterocycles. The van der Waals surface area contributed by atoms with Crippen LogP contribution < -0.4 is 5.32 Å². The molecule has 1 saturated heterocycles. The predicted octanol–water partition coefficient (Wildman–Crippen LogP) is 5.28. The highest BCUT2D eigenvalue weighted by atomic mass is 32.2. The van der Waals surface area contributed by atoms with Crippen molar-refractivity contribution in [1.29, 1.82) is 5.41 Å². The van der Waals surface area contributed by atoms with Crippen molar-refractivity contribution >= 4 is 27.7 Å². The number of sulfonamides is 1. The van der Waals surface area contributed by atoms with Crippen molar-refractivity contribution in [2.24, 2.45) is 5.41 Å². The van der Waals surface area contributed by atoms with E-state index >= 15 is 0 Å². The summed E-state index contributed by atoms with van der Waals surface area (Å²) in [6.07, 6.45) is 4.71. The molecule has 0 amide bonds. The molecule has 1 fully saturated rings. The standard InChI is InChI=1S/C29H26F2N4O3S/c1-19-5-10-24(15-25(19)31)39(37,38)35-13-11-21-14-27(34-23-8-6-22(30)7-9-23)20(17-32)16-29(21,18-35)28(36)26-4-2-3-12-33-26/h2-10,12,14-15,17,32,34H,11,13,16,18H2,1H3/t29-/m0/s1. The Balaban J connectivity index is 1.57. The maximum Gasteiger partial charge on any atom is 0.243 e. The van der Waals surface area contributed by atoms with E-state index in [1.54, 1.807) is 43.3 Å². The van der Waals surface area contributed by atoms with Gasteiger partial charge < -0.3 is 10.7 Å². The van der Waals surface area contributed by atoms with Gasteiger partial charge in [-0.3, -0.25) is 9.78 Å². The first-order valence-corrected chi connectivity index (χ1v) is 13.8. The van der Waals surface area contributed by atoms with Crippen LogP contribution in [0.3, 0.4) is 0 Å². The van der Waals surface area contributed by atoms with Gasteiger partial charge in [-0.15, -0.1) is 0 Å². The van der Waals surface area contributed by atoms with E-state index in [0.717, 1.165) is 12.3 Å². The molecular formula is C29H26F2N4O3S. The highest BCUT2D eigenvalue weighted by Gasteiger charge is 2.51. The smallest absolute Gasteiger partial charge is 0.243 e. The van der Waals surface area contributed by atoms with Crippen LogP contribution in [0.15, 0.2) is 94.7 Å². The minimum atomic E-state index is -4.13. The summed E-state index contributed by atoms with van der Waals surface area (Å²) < 4.78 is 56.2. The van der Waals surface area contributed by atoms with Crippen LogP contribution in [0.25, 0.3) is 0 Å². The third-order valence-corrected chi connectivity index (χ3v) is 9.10. The summed E-state index contributed by atoms with van der Waals surface area (Å²) >= 11 is 0. The molecule has 0 spiro atoms. The van der Waals surface area contributed by atoms with Gasteiger partial charge in [0.1, 0.15) is 17.3 Å². The highest BCUT2D eigenvalue weighted by Crippen LogP contribution is 2.47. The van der Waals surface area contributed by atoms with Gasteiger partial charge in [-0.05, 0) is 85.5 Å². The molecular weight excluding hydrogens is 522 g/mol. The summed E-state index contributed by atoms with van der Waals surface area (Å²) in [6.45, 7) is 1.45. The van der Waals surface area contributed by atoms with E-state index in [2.05, 4.69) is 10.3 Å². The number of rotatable bonds is 7. The fraction of sp³-hybridized carbons (Fsp3) is 0.207. The number of Topliss-reactive ketones (excluding diaryl/α,β-unsaturated/α-hetero) is 1. The Morgan fingerprint density at radius 3 is 2.56 bits per heavy atom. The van der Waals surface area contributed by atoms with Crippen LogP contribution >= 0.6 is 0 Å². The lowest BCUT2D eigenvalue weighted by atomic mass is 9.65. The zero-order chi connectivity index (χ0) is 27.8. The van der Waals surface area contributed by atoms with E-state index in [-0.39, 0.29) is 48.1 Å². The van der Waals surface area contributed by atoms with Gasteiger partial charge in [-0.1, -0.05) is 17.7 Å². The minimum absolute atomic E-state index is 0.0511. The number of pyridine rings is 1. The van der Waals surface area contributed by atoms with E-state index in [1.165, 1.54) is 34.8 Å². The molecule has 0 unspecified atom stereocenters. The second-order valence-electron chi connectivity index (χ2n) is 9.69. The van der Waals surface area contributed by atoms with Gasteiger partial charge in [-0.2, -0.15) is 4.31 Å². The molecule has 10 heteroatoms. The topological polar surface area (TPSA) is 103 Å². The van der Waals surface area contributed by atoms with Gasteiger partial charge >= 0.3 is 0 Å². The number of fused-ring (bicyclic) bond motifs is 1. The number of carbonyl (C=O) groups is 1. The third-order valence-electron chi connectivity index (χ3n) is 7.26. The number of ketones is 1. The Morgan fingerprint density at radius 2 is 1.90 bits per heavy atom. The summed E-state index contributed by atoms with van der Waals surface area (Å²) in [7, 11) is -4.13. The number of anilines is 1. The average Bonchev–Trinajstić information content (AvgIpc) is 2.95. The van der Waals surface area contributed by atoms with Crippen molar-refractivity contribution in [3.63, 3.8) is 0 Å². The lowest BCUT2D eigenvalue weighted by Crippen LogP contribution is -2.52.